The average Bonchev–Trinajstić information content (AvgIpc) is 3.10. The fraction of sp³-hybridized carbons (Fsp3) is 0.647. The van der Waals surface area contributed by atoms with Crippen molar-refractivity contribution in [1.29, 1.82) is 0 Å². The number of nitrogens with zero attached hydrogens (tertiary/aromatic N) is 3. The van der Waals surface area contributed by atoms with Crippen molar-refractivity contribution in [3.05, 3.63) is 30.1 Å². The molecule has 4 heterocycles. The molecule has 5 heteroatoms. The molecule has 4 rings (SSSR count). The average molecular weight is 301 g/mol. The maximum absolute atomic E-state index is 12.7. The Balaban J connectivity index is 1.38. The molecule has 118 valence electrons. The van der Waals surface area contributed by atoms with Gasteiger partial charge in [-0.25, -0.2) is 0 Å². The highest BCUT2D eigenvalue weighted by atomic mass is 16.5. The van der Waals surface area contributed by atoms with Gasteiger partial charge in [-0.2, -0.15) is 0 Å². The van der Waals surface area contributed by atoms with Gasteiger partial charge in [0.2, 0.25) is 5.91 Å². The smallest absolute Gasteiger partial charge is 0.227 e. The van der Waals surface area contributed by atoms with Gasteiger partial charge in [0.15, 0.2) is 0 Å². The first-order valence-electron chi connectivity index (χ1n) is 8.31. The van der Waals surface area contributed by atoms with E-state index in [4.69, 9.17) is 4.74 Å². The van der Waals surface area contributed by atoms with Crippen LogP contribution in [0.1, 0.15) is 18.4 Å². The molecule has 3 aliphatic heterocycles. The Kier molecular flexibility index (Phi) is 3.84. The zero-order valence-electron chi connectivity index (χ0n) is 12.9. The summed E-state index contributed by atoms with van der Waals surface area (Å²) in [5.41, 5.74) is 1.17. The molecule has 0 spiro atoms. The van der Waals surface area contributed by atoms with E-state index < -0.39 is 0 Å². The van der Waals surface area contributed by atoms with Crippen LogP contribution in [0.15, 0.2) is 24.5 Å². The van der Waals surface area contributed by atoms with Crippen molar-refractivity contribution >= 4 is 5.91 Å². The zero-order valence-corrected chi connectivity index (χ0v) is 12.9. The van der Waals surface area contributed by atoms with E-state index in [2.05, 4.69) is 9.88 Å². The quantitative estimate of drug-likeness (QED) is 0.840. The van der Waals surface area contributed by atoms with E-state index in [0.29, 0.717) is 17.9 Å². The summed E-state index contributed by atoms with van der Waals surface area (Å²) in [6.07, 6.45) is 5.83. The van der Waals surface area contributed by atoms with Gasteiger partial charge in [0, 0.05) is 63.7 Å². The third kappa shape index (κ3) is 2.63. The monoisotopic (exact) mass is 301 g/mol. The summed E-state index contributed by atoms with van der Waals surface area (Å²) < 4.78 is 5.45. The second kappa shape index (κ2) is 5.97. The molecule has 1 aromatic rings. The van der Waals surface area contributed by atoms with E-state index in [1.54, 1.807) is 12.4 Å². The number of carbonyl (C=O) groups is 1. The second-order valence-electron chi connectivity index (χ2n) is 6.74. The normalized spacial score (nSPS) is 30.0. The standard InChI is InChI=1S/C17H23N3O2/c21-17-16-12-19(15-3-7-22-8-4-15)10-14(16)11-20(17)9-13-1-5-18-6-2-13/h1-2,5-6,14-16H,3-4,7-12H2/t14-,16-/m1/s1. The van der Waals surface area contributed by atoms with Crippen molar-refractivity contribution < 1.29 is 9.53 Å². The maximum atomic E-state index is 12.7. The highest BCUT2D eigenvalue weighted by Gasteiger charge is 2.47. The molecular formula is C17H23N3O2. The number of ether oxygens (including phenoxy) is 1. The molecule has 0 aliphatic carbocycles. The number of rotatable bonds is 3. The SMILES string of the molecule is O=C1[C@@H]2CN(C3CCOCC3)C[C@@H]2CN1Cc1ccncc1. The van der Waals surface area contributed by atoms with Crippen LogP contribution >= 0.6 is 0 Å². The van der Waals surface area contributed by atoms with Crippen LogP contribution in [0.5, 0.6) is 0 Å². The highest BCUT2D eigenvalue weighted by Crippen LogP contribution is 2.35. The Morgan fingerprint density at radius 2 is 1.91 bits per heavy atom. The van der Waals surface area contributed by atoms with E-state index in [-0.39, 0.29) is 5.92 Å². The first kappa shape index (κ1) is 14.2. The Hall–Kier alpha value is -1.46. The maximum Gasteiger partial charge on any atom is 0.227 e. The minimum Gasteiger partial charge on any atom is -0.381 e. The van der Waals surface area contributed by atoms with E-state index in [9.17, 15) is 4.79 Å². The molecular weight excluding hydrogens is 278 g/mol. The summed E-state index contributed by atoms with van der Waals surface area (Å²) in [5, 5.41) is 0. The van der Waals surface area contributed by atoms with Gasteiger partial charge in [-0.3, -0.25) is 14.7 Å². The van der Waals surface area contributed by atoms with Gasteiger partial charge >= 0.3 is 0 Å². The Morgan fingerprint density at radius 1 is 1.14 bits per heavy atom. The second-order valence-corrected chi connectivity index (χ2v) is 6.74. The third-order valence-corrected chi connectivity index (χ3v) is 5.38. The number of likely N-dealkylation sites (tertiary alicyclic amines) is 2. The number of hydrogen-bond donors (Lipinski definition) is 0. The molecule has 0 unspecified atom stereocenters. The molecule has 0 bridgehead atoms. The van der Waals surface area contributed by atoms with Crippen molar-refractivity contribution in [2.45, 2.75) is 25.4 Å². The molecule has 2 atom stereocenters. The molecule has 3 saturated heterocycles. The fourth-order valence-corrected chi connectivity index (χ4v) is 4.18. The molecule has 0 radical (unpaired) electrons. The van der Waals surface area contributed by atoms with Gasteiger partial charge in [0.1, 0.15) is 0 Å². The van der Waals surface area contributed by atoms with Gasteiger partial charge in [0.25, 0.3) is 0 Å². The minimum absolute atomic E-state index is 0.213. The van der Waals surface area contributed by atoms with Crippen LogP contribution in [-0.2, 0) is 16.1 Å². The van der Waals surface area contributed by atoms with Crippen LogP contribution in [0, 0.1) is 11.8 Å². The molecule has 3 fully saturated rings. The summed E-state index contributed by atoms with van der Waals surface area (Å²) in [7, 11) is 0. The predicted molar refractivity (Wildman–Crippen MR) is 82.0 cm³/mol. The van der Waals surface area contributed by atoms with Crippen molar-refractivity contribution in [3.8, 4) is 0 Å². The summed E-state index contributed by atoms with van der Waals surface area (Å²) in [5.74, 6) is 1.07. The Morgan fingerprint density at radius 3 is 2.64 bits per heavy atom. The van der Waals surface area contributed by atoms with Gasteiger partial charge in [-0.15, -0.1) is 0 Å². The first-order chi connectivity index (χ1) is 10.8. The molecule has 22 heavy (non-hydrogen) atoms. The van der Waals surface area contributed by atoms with Crippen LogP contribution < -0.4 is 0 Å². The number of carbonyl (C=O) groups excluding carboxylic acids is 1. The van der Waals surface area contributed by atoms with Gasteiger partial charge in [0.05, 0.1) is 5.92 Å². The van der Waals surface area contributed by atoms with E-state index >= 15 is 0 Å². The Bertz CT molecular complexity index is 530. The topological polar surface area (TPSA) is 45.7 Å². The molecule has 3 aliphatic rings. The zero-order chi connectivity index (χ0) is 14.9. The summed E-state index contributed by atoms with van der Waals surface area (Å²) in [6, 6.07) is 4.62. The molecule has 1 aromatic heterocycles. The molecule has 0 N–H and O–H groups in total. The summed E-state index contributed by atoms with van der Waals surface area (Å²) in [6.45, 7) is 5.41. The largest absolute Gasteiger partial charge is 0.381 e. The fourth-order valence-electron chi connectivity index (χ4n) is 4.18. The third-order valence-electron chi connectivity index (χ3n) is 5.38. The van der Waals surface area contributed by atoms with E-state index in [1.807, 2.05) is 17.0 Å². The minimum atomic E-state index is 0.213. The van der Waals surface area contributed by atoms with Crippen LogP contribution in [0.25, 0.3) is 0 Å². The number of aromatic nitrogens is 1. The van der Waals surface area contributed by atoms with Crippen molar-refractivity contribution in [3.63, 3.8) is 0 Å². The summed E-state index contributed by atoms with van der Waals surface area (Å²) in [4.78, 5) is 21.3. The Labute approximate surface area is 131 Å². The van der Waals surface area contributed by atoms with Crippen molar-refractivity contribution in [1.82, 2.24) is 14.8 Å². The van der Waals surface area contributed by atoms with E-state index in [1.165, 1.54) is 5.56 Å². The summed E-state index contributed by atoms with van der Waals surface area (Å²) >= 11 is 0. The van der Waals surface area contributed by atoms with Crippen LogP contribution in [-0.4, -0.2) is 59.6 Å². The van der Waals surface area contributed by atoms with Gasteiger partial charge < -0.3 is 9.64 Å². The van der Waals surface area contributed by atoms with Crippen LogP contribution in [0.2, 0.25) is 0 Å². The number of hydrogen-bond acceptors (Lipinski definition) is 4. The van der Waals surface area contributed by atoms with Crippen LogP contribution in [0.4, 0.5) is 0 Å². The lowest BCUT2D eigenvalue weighted by Gasteiger charge is -2.32. The number of amides is 1. The van der Waals surface area contributed by atoms with Gasteiger partial charge in [-0.05, 0) is 30.5 Å². The van der Waals surface area contributed by atoms with Crippen molar-refractivity contribution in [2.24, 2.45) is 11.8 Å². The first-order valence-corrected chi connectivity index (χ1v) is 8.31. The molecule has 1 amide bonds. The van der Waals surface area contributed by atoms with Gasteiger partial charge in [-0.1, -0.05) is 0 Å². The molecule has 0 aromatic carbocycles. The lowest BCUT2D eigenvalue weighted by molar-refractivity contribution is -0.131. The number of fused-ring (bicyclic) bond motifs is 1. The lowest BCUT2D eigenvalue weighted by atomic mass is 10.0. The predicted octanol–water partition coefficient (Wildman–Crippen LogP) is 1.15. The van der Waals surface area contributed by atoms with Crippen molar-refractivity contribution in [2.75, 3.05) is 32.8 Å². The highest BCUT2D eigenvalue weighted by molar-refractivity contribution is 5.82. The van der Waals surface area contributed by atoms with Crippen LogP contribution in [0.3, 0.4) is 0 Å². The number of pyridine rings is 1. The molecule has 5 nitrogen and oxygen atoms in total. The van der Waals surface area contributed by atoms with E-state index in [0.717, 1.165) is 52.2 Å². The lowest BCUT2D eigenvalue weighted by Crippen LogP contribution is -2.40. The molecule has 0 saturated carbocycles.